The van der Waals surface area contributed by atoms with Crippen LogP contribution in [0.1, 0.15) is 52.0 Å². The molecule has 4 nitrogen and oxygen atoms in total. The maximum atomic E-state index is 6.14. The van der Waals surface area contributed by atoms with Gasteiger partial charge >= 0.3 is 7.12 Å². The third kappa shape index (κ3) is 2.90. The molecule has 22 heavy (non-hydrogen) atoms. The first kappa shape index (κ1) is 15.8. The number of anilines is 1. The zero-order valence-electron chi connectivity index (χ0n) is 14.0. The fraction of sp³-hybridized carbons (Fsp3) is 0.647. The van der Waals surface area contributed by atoms with E-state index in [1.54, 1.807) is 0 Å². The lowest BCUT2D eigenvalue weighted by Crippen LogP contribution is -2.41. The Bertz CT molecular complexity index is 537. The molecule has 0 saturated carbocycles. The highest BCUT2D eigenvalue weighted by atomic mass is 16.7. The van der Waals surface area contributed by atoms with Gasteiger partial charge in [-0.05, 0) is 69.6 Å². The van der Waals surface area contributed by atoms with Crippen LogP contribution in [0.2, 0.25) is 0 Å². The number of benzene rings is 1. The second kappa shape index (κ2) is 5.55. The summed E-state index contributed by atoms with van der Waals surface area (Å²) in [6.45, 7) is 9.92. The Labute approximate surface area is 133 Å². The van der Waals surface area contributed by atoms with Gasteiger partial charge in [0.25, 0.3) is 0 Å². The summed E-state index contributed by atoms with van der Waals surface area (Å²) in [5.41, 5.74) is 8.52. The van der Waals surface area contributed by atoms with E-state index in [0.717, 1.165) is 37.2 Å². The largest absolute Gasteiger partial charge is 0.494 e. The van der Waals surface area contributed by atoms with Crippen LogP contribution in [-0.2, 0) is 14.0 Å². The monoisotopic (exact) mass is 303 g/mol. The number of nitrogen functional groups attached to an aromatic ring is 1. The van der Waals surface area contributed by atoms with Crippen molar-refractivity contribution in [2.75, 3.05) is 18.9 Å². The lowest BCUT2D eigenvalue weighted by atomic mass is 9.76. The van der Waals surface area contributed by atoms with Gasteiger partial charge in [0.1, 0.15) is 0 Å². The van der Waals surface area contributed by atoms with Crippen molar-refractivity contribution in [1.29, 1.82) is 0 Å². The molecule has 0 aromatic heterocycles. The molecule has 0 amide bonds. The highest BCUT2D eigenvalue weighted by molar-refractivity contribution is 6.62. The van der Waals surface area contributed by atoms with E-state index in [-0.39, 0.29) is 18.3 Å². The Kier molecular flexibility index (Phi) is 4.00. The zero-order chi connectivity index (χ0) is 16.0. The van der Waals surface area contributed by atoms with Crippen molar-refractivity contribution in [2.24, 2.45) is 0 Å². The Hall–Kier alpha value is -1.04. The normalized spacial score (nSPS) is 24.6. The molecule has 1 aromatic carbocycles. The molecule has 2 heterocycles. The summed E-state index contributed by atoms with van der Waals surface area (Å²) in [5.74, 6) is 0.512. The van der Waals surface area contributed by atoms with Crippen molar-refractivity contribution >= 4 is 18.3 Å². The average Bonchev–Trinajstić information content (AvgIpc) is 2.68. The van der Waals surface area contributed by atoms with Crippen molar-refractivity contribution in [1.82, 2.24) is 0 Å². The number of ether oxygens (including phenoxy) is 1. The molecular formula is C17H26BNO3. The van der Waals surface area contributed by atoms with Crippen molar-refractivity contribution in [2.45, 2.75) is 57.7 Å². The highest BCUT2D eigenvalue weighted by Crippen LogP contribution is 2.37. The van der Waals surface area contributed by atoms with E-state index in [4.69, 9.17) is 19.8 Å². The lowest BCUT2D eigenvalue weighted by Gasteiger charge is -2.32. The molecule has 5 heteroatoms. The van der Waals surface area contributed by atoms with Crippen LogP contribution in [0.4, 0.5) is 5.69 Å². The quantitative estimate of drug-likeness (QED) is 0.673. The van der Waals surface area contributed by atoms with Gasteiger partial charge in [0.15, 0.2) is 0 Å². The summed E-state index contributed by atoms with van der Waals surface area (Å²) in [6, 6.07) is 6.23. The predicted molar refractivity (Wildman–Crippen MR) is 89.4 cm³/mol. The van der Waals surface area contributed by atoms with Crippen molar-refractivity contribution < 1.29 is 14.0 Å². The van der Waals surface area contributed by atoms with Gasteiger partial charge in [0, 0.05) is 18.9 Å². The summed E-state index contributed by atoms with van der Waals surface area (Å²) in [5, 5.41) is 0. The molecule has 0 atom stereocenters. The van der Waals surface area contributed by atoms with Crippen LogP contribution in [0, 0.1) is 0 Å². The lowest BCUT2D eigenvalue weighted by molar-refractivity contribution is 0.00578. The number of hydrogen-bond donors (Lipinski definition) is 1. The molecule has 2 aliphatic rings. The second-order valence-corrected chi connectivity index (χ2v) is 7.41. The van der Waals surface area contributed by atoms with Crippen LogP contribution in [0.5, 0.6) is 0 Å². The topological polar surface area (TPSA) is 53.7 Å². The van der Waals surface area contributed by atoms with Crippen molar-refractivity contribution in [3.05, 3.63) is 23.8 Å². The van der Waals surface area contributed by atoms with Crippen LogP contribution < -0.4 is 11.2 Å². The number of nitrogens with two attached hydrogens (primary N) is 1. The molecule has 3 rings (SSSR count). The van der Waals surface area contributed by atoms with E-state index < -0.39 is 0 Å². The third-order valence-corrected chi connectivity index (χ3v) is 5.22. The maximum absolute atomic E-state index is 6.14. The highest BCUT2D eigenvalue weighted by Gasteiger charge is 2.51. The smallest absolute Gasteiger partial charge is 0.399 e. The van der Waals surface area contributed by atoms with E-state index >= 15 is 0 Å². The first-order valence-corrected chi connectivity index (χ1v) is 8.12. The average molecular weight is 303 g/mol. The molecular weight excluding hydrogens is 277 g/mol. The van der Waals surface area contributed by atoms with E-state index in [2.05, 4.69) is 39.8 Å². The van der Waals surface area contributed by atoms with Gasteiger partial charge in [-0.1, -0.05) is 6.07 Å². The molecule has 2 N–H and O–H groups in total. The molecule has 1 aromatic rings. The van der Waals surface area contributed by atoms with Crippen LogP contribution in [0.15, 0.2) is 18.2 Å². The molecule has 2 saturated heterocycles. The Morgan fingerprint density at radius 2 is 1.59 bits per heavy atom. The summed E-state index contributed by atoms with van der Waals surface area (Å²) < 4.78 is 17.7. The molecule has 0 unspecified atom stereocenters. The van der Waals surface area contributed by atoms with Gasteiger partial charge in [-0.15, -0.1) is 0 Å². The number of rotatable bonds is 2. The Morgan fingerprint density at radius 3 is 2.18 bits per heavy atom. The maximum Gasteiger partial charge on any atom is 0.494 e. The van der Waals surface area contributed by atoms with Crippen LogP contribution in [0.25, 0.3) is 0 Å². The van der Waals surface area contributed by atoms with E-state index in [1.165, 1.54) is 5.56 Å². The van der Waals surface area contributed by atoms with Gasteiger partial charge < -0.3 is 19.8 Å². The van der Waals surface area contributed by atoms with Gasteiger partial charge in [0.05, 0.1) is 11.2 Å². The molecule has 0 spiro atoms. The Balaban J connectivity index is 1.87. The van der Waals surface area contributed by atoms with Crippen molar-refractivity contribution in [3.63, 3.8) is 0 Å². The predicted octanol–water partition coefficient (Wildman–Crippen LogP) is 2.46. The fourth-order valence-electron chi connectivity index (χ4n) is 3.08. The molecule has 2 fully saturated rings. The SMILES string of the molecule is CC1(C)OB(c2cc(N)cc(C3CCOCC3)c2)OC1(C)C. The summed E-state index contributed by atoms with van der Waals surface area (Å²) in [6.07, 6.45) is 2.10. The fourth-order valence-corrected chi connectivity index (χ4v) is 3.08. The first-order chi connectivity index (χ1) is 10.3. The summed E-state index contributed by atoms with van der Waals surface area (Å²) in [4.78, 5) is 0. The van der Waals surface area contributed by atoms with Crippen molar-refractivity contribution in [3.8, 4) is 0 Å². The summed E-state index contributed by atoms with van der Waals surface area (Å²) in [7, 11) is -0.355. The van der Waals surface area contributed by atoms with Gasteiger partial charge in [0.2, 0.25) is 0 Å². The molecule has 0 radical (unpaired) electrons. The van der Waals surface area contributed by atoms with Crippen LogP contribution in [0.3, 0.4) is 0 Å². The number of hydrogen-bond acceptors (Lipinski definition) is 4. The molecule has 2 aliphatic heterocycles. The molecule has 0 bridgehead atoms. The first-order valence-electron chi connectivity index (χ1n) is 8.12. The molecule has 120 valence electrons. The minimum atomic E-state index is -0.355. The summed E-state index contributed by atoms with van der Waals surface area (Å²) >= 11 is 0. The zero-order valence-corrected chi connectivity index (χ0v) is 14.0. The van der Waals surface area contributed by atoms with Crippen LogP contribution >= 0.6 is 0 Å². The molecule has 0 aliphatic carbocycles. The minimum Gasteiger partial charge on any atom is -0.399 e. The van der Waals surface area contributed by atoms with Gasteiger partial charge in [-0.25, -0.2) is 0 Å². The van der Waals surface area contributed by atoms with Gasteiger partial charge in [-0.3, -0.25) is 0 Å². The third-order valence-electron chi connectivity index (χ3n) is 5.22. The van der Waals surface area contributed by atoms with Gasteiger partial charge in [-0.2, -0.15) is 0 Å². The van der Waals surface area contributed by atoms with E-state index in [9.17, 15) is 0 Å². The second-order valence-electron chi connectivity index (χ2n) is 7.41. The standard InChI is InChI=1S/C17H26BNO3/c1-16(2)17(3,4)22-18(21-16)14-9-13(10-15(19)11-14)12-5-7-20-8-6-12/h9-12H,5-8,19H2,1-4H3. The van der Waals surface area contributed by atoms with Crippen LogP contribution in [-0.4, -0.2) is 31.5 Å². The minimum absolute atomic E-state index is 0.332. The van der Waals surface area contributed by atoms with E-state index in [0.29, 0.717) is 5.92 Å². The Morgan fingerprint density at radius 1 is 1.00 bits per heavy atom. The van der Waals surface area contributed by atoms with E-state index in [1.807, 2.05) is 6.07 Å².